The maximum atomic E-state index is 13.1. The molecule has 0 saturated heterocycles. The molecule has 4 aromatic rings. The number of hydrogen-bond donors (Lipinski definition) is 2. The fraction of sp³-hybridized carbons (Fsp3) is 0.174. The van der Waals surface area contributed by atoms with E-state index >= 15 is 0 Å². The van der Waals surface area contributed by atoms with Crippen LogP contribution in [0.2, 0.25) is 0 Å². The molecule has 2 aromatic carbocycles. The molecular formula is C23H23ClFN3O. The predicted molar refractivity (Wildman–Crippen MR) is 117 cm³/mol. The lowest BCUT2D eigenvalue weighted by atomic mass is 10.1. The smallest absolute Gasteiger partial charge is 0.128 e. The molecule has 2 heterocycles. The topological polar surface area (TPSA) is 49.9 Å². The lowest BCUT2D eigenvalue weighted by Gasteiger charge is -2.09. The number of aryl methyl sites for hydroxylation is 1. The molecular weight excluding hydrogens is 389 g/mol. The van der Waals surface area contributed by atoms with Crippen LogP contribution in [0.5, 0.6) is 5.75 Å². The number of ether oxygens (including phenoxy) is 1. The predicted octanol–water partition coefficient (Wildman–Crippen LogP) is 5.27. The summed E-state index contributed by atoms with van der Waals surface area (Å²) in [7, 11) is 0. The van der Waals surface area contributed by atoms with Crippen LogP contribution < -0.4 is 10.1 Å². The van der Waals surface area contributed by atoms with E-state index in [0.29, 0.717) is 13.2 Å². The molecule has 6 heteroatoms. The van der Waals surface area contributed by atoms with Gasteiger partial charge in [-0.2, -0.15) is 0 Å². The number of fused-ring (bicyclic) bond motifs is 1. The molecule has 29 heavy (non-hydrogen) atoms. The standard InChI is InChI=1S/C23H22FN3O.ClH/c1-16-11-21-22(27-16)3-2-4-23(21)28-10-9-25-13-17-12-19(15-26-14-17)18-5-7-20(24)8-6-18;/h2-8,11-12,14-15,25,27H,9-10,13H2,1H3;1H. The highest BCUT2D eigenvalue weighted by Crippen LogP contribution is 2.26. The molecule has 4 nitrogen and oxygen atoms in total. The van der Waals surface area contributed by atoms with Crippen LogP contribution in [-0.2, 0) is 6.54 Å². The molecule has 2 N–H and O–H groups in total. The van der Waals surface area contributed by atoms with Gasteiger partial charge in [0.1, 0.15) is 18.2 Å². The number of benzene rings is 2. The van der Waals surface area contributed by atoms with E-state index in [-0.39, 0.29) is 18.2 Å². The van der Waals surface area contributed by atoms with E-state index in [1.165, 1.54) is 12.1 Å². The summed E-state index contributed by atoms with van der Waals surface area (Å²) < 4.78 is 19.0. The Morgan fingerprint density at radius 2 is 1.86 bits per heavy atom. The summed E-state index contributed by atoms with van der Waals surface area (Å²) in [6.45, 7) is 4.03. The fourth-order valence-corrected chi connectivity index (χ4v) is 3.24. The van der Waals surface area contributed by atoms with Crippen molar-refractivity contribution in [2.24, 2.45) is 0 Å². The first-order valence-electron chi connectivity index (χ1n) is 9.31. The SMILES string of the molecule is Cc1cc2c(OCCNCc3cncc(-c4ccc(F)cc4)c3)cccc2[nH]1.Cl. The van der Waals surface area contributed by atoms with Gasteiger partial charge >= 0.3 is 0 Å². The van der Waals surface area contributed by atoms with Gasteiger partial charge in [0.25, 0.3) is 0 Å². The van der Waals surface area contributed by atoms with Gasteiger partial charge in [-0.3, -0.25) is 4.98 Å². The number of aromatic amines is 1. The van der Waals surface area contributed by atoms with Crippen LogP contribution in [0, 0.1) is 12.7 Å². The Labute approximate surface area is 175 Å². The van der Waals surface area contributed by atoms with E-state index in [1.807, 2.05) is 25.3 Å². The van der Waals surface area contributed by atoms with Crippen molar-refractivity contribution >= 4 is 23.3 Å². The van der Waals surface area contributed by atoms with Crippen molar-refractivity contribution in [3.8, 4) is 16.9 Å². The van der Waals surface area contributed by atoms with Crippen LogP contribution in [0.3, 0.4) is 0 Å². The van der Waals surface area contributed by atoms with E-state index < -0.39 is 0 Å². The second-order valence-corrected chi connectivity index (χ2v) is 6.78. The summed E-state index contributed by atoms with van der Waals surface area (Å²) in [6.07, 6.45) is 3.63. The Balaban J connectivity index is 0.00000240. The number of nitrogens with one attached hydrogen (secondary N) is 2. The summed E-state index contributed by atoms with van der Waals surface area (Å²) >= 11 is 0. The third-order valence-corrected chi connectivity index (χ3v) is 4.60. The monoisotopic (exact) mass is 411 g/mol. The number of aromatic nitrogens is 2. The van der Waals surface area contributed by atoms with Crippen molar-refractivity contribution in [1.29, 1.82) is 0 Å². The van der Waals surface area contributed by atoms with Gasteiger partial charge in [0.15, 0.2) is 0 Å². The van der Waals surface area contributed by atoms with Gasteiger partial charge in [-0.05, 0) is 54.4 Å². The number of hydrogen-bond acceptors (Lipinski definition) is 3. The van der Waals surface area contributed by atoms with Crippen LogP contribution in [0.15, 0.2) is 67.0 Å². The number of pyridine rings is 1. The first-order valence-corrected chi connectivity index (χ1v) is 9.31. The van der Waals surface area contributed by atoms with Crippen molar-refractivity contribution in [2.45, 2.75) is 13.5 Å². The molecule has 0 saturated carbocycles. The third-order valence-electron chi connectivity index (χ3n) is 4.60. The quantitative estimate of drug-likeness (QED) is 0.407. The van der Waals surface area contributed by atoms with Gasteiger partial charge in [-0.15, -0.1) is 12.4 Å². The van der Waals surface area contributed by atoms with Gasteiger partial charge in [0.05, 0.1) is 0 Å². The van der Waals surface area contributed by atoms with Gasteiger partial charge in [-0.1, -0.05) is 18.2 Å². The fourth-order valence-electron chi connectivity index (χ4n) is 3.24. The van der Waals surface area contributed by atoms with Gasteiger partial charge in [0, 0.05) is 47.6 Å². The molecule has 0 aliphatic heterocycles. The minimum absolute atomic E-state index is 0. The maximum absolute atomic E-state index is 13.1. The lowest BCUT2D eigenvalue weighted by Crippen LogP contribution is -2.20. The van der Waals surface area contributed by atoms with E-state index in [2.05, 4.69) is 33.5 Å². The number of nitrogens with zero attached hydrogens (tertiary/aromatic N) is 1. The molecule has 0 atom stereocenters. The molecule has 0 bridgehead atoms. The van der Waals surface area contributed by atoms with Crippen LogP contribution >= 0.6 is 12.4 Å². The molecule has 4 rings (SSSR count). The molecule has 0 spiro atoms. The van der Waals surface area contributed by atoms with Crippen LogP contribution in [0.4, 0.5) is 4.39 Å². The number of H-pyrrole nitrogens is 1. The Bertz CT molecular complexity index is 1080. The highest BCUT2D eigenvalue weighted by atomic mass is 35.5. The zero-order valence-corrected chi connectivity index (χ0v) is 16.9. The number of rotatable bonds is 7. The molecule has 150 valence electrons. The molecule has 2 aromatic heterocycles. The summed E-state index contributed by atoms with van der Waals surface area (Å²) in [5.41, 5.74) is 5.22. The second kappa shape index (κ2) is 9.54. The van der Waals surface area contributed by atoms with E-state index in [4.69, 9.17) is 4.74 Å². The van der Waals surface area contributed by atoms with Crippen molar-refractivity contribution in [3.63, 3.8) is 0 Å². The molecule has 0 unspecified atom stereocenters. The molecule has 0 aliphatic rings. The van der Waals surface area contributed by atoms with E-state index in [0.717, 1.165) is 45.6 Å². The summed E-state index contributed by atoms with van der Waals surface area (Å²) in [6, 6.07) is 16.7. The van der Waals surface area contributed by atoms with Gasteiger partial charge in [0.2, 0.25) is 0 Å². The highest BCUT2D eigenvalue weighted by Gasteiger charge is 2.05. The zero-order valence-electron chi connectivity index (χ0n) is 16.1. The van der Waals surface area contributed by atoms with Crippen molar-refractivity contribution in [3.05, 3.63) is 84.1 Å². The van der Waals surface area contributed by atoms with Gasteiger partial charge in [-0.25, -0.2) is 4.39 Å². The van der Waals surface area contributed by atoms with Gasteiger partial charge < -0.3 is 15.0 Å². The normalized spacial score (nSPS) is 10.7. The minimum atomic E-state index is -0.236. The Morgan fingerprint density at radius 3 is 2.69 bits per heavy atom. The van der Waals surface area contributed by atoms with Crippen LogP contribution in [-0.4, -0.2) is 23.1 Å². The summed E-state index contributed by atoms with van der Waals surface area (Å²) in [5, 5.41) is 4.49. The highest BCUT2D eigenvalue weighted by molar-refractivity contribution is 5.86. The molecule has 0 aliphatic carbocycles. The minimum Gasteiger partial charge on any atom is -0.492 e. The average Bonchev–Trinajstić information content (AvgIpc) is 3.09. The van der Waals surface area contributed by atoms with Crippen molar-refractivity contribution < 1.29 is 9.13 Å². The van der Waals surface area contributed by atoms with E-state index in [1.54, 1.807) is 18.3 Å². The lowest BCUT2D eigenvalue weighted by molar-refractivity contribution is 0.317. The summed E-state index contributed by atoms with van der Waals surface area (Å²) in [4.78, 5) is 7.62. The van der Waals surface area contributed by atoms with Crippen molar-refractivity contribution in [2.75, 3.05) is 13.2 Å². The first kappa shape index (κ1) is 20.8. The average molecular weight is 412 g/mol. The number of halogens is 2. The maximum Gasteiger partial charge on any atom is 0.128 e. The molecule has 0 amide bonds. The Hall–Kier alpha value is -2.89. The first-order chi connectivity index (χ1) is 13.7. The zero-order chi connectivity index (χ0) is 19.3. The van der Waals surface area contributed by atoms with Crippen LogP contribution in [0.25, 0.3) is 22.0 Å². The Kier molecular flexibility index (Phi) is 6.86. The Morgan fingerprint density at radius 1 is 1.03 bits per heavy atom. The van der Waals surface area contributed by atoms with Crippen molar-refractivity contribution in [1.82, 2.24) is 15.3 Å². The third kappa shape index (κ3) is 5.13. The second-order valence-electron chi connectivity index (χ2n) is 6.78. The molecule has 0 radical (unpaired) electrons. The van der Waals surface area contributed by atoms with E-state index in [9.17, 15) is 4.39 Å². The van der Waals surface area contributed by atoms with Crippen LogP contribution in [0.1, 0.15) is 11.3 Å². The largest absolute Gasteiger partial charge is 0.492 e. The summed E-state index contributed by atoms with van der Waals surface area (Å²) in [5.74, 6) is 0.656. The molecule has 0 fully saturated rings.